The molecule has 0 saturated heterocycles. The van der Waals surface area contributed by atoms with Crippen LogP contribution in [0.3, 0.4) is 0 Å². The van der Waals surface area contributed by atoms with E-state index in [1.54, 1.807) is 0 Å². The molecule has 0 aromatic carbocycles. The molecular formula is C12H27NO2. The van der Waals surface area contributed by atoms with Crippen LogP contribution in [0, 0.1) is 0 Å². The predicted molar refractivity (Wildman–Crippen MR) is 64.1 cm³/mol. The fraction of sp³-hybridized carbons (Fsp3) is 1.00. The average Bonchev–Trinajstić information content (AvgIpc) is 2.22. The summed E-state index contributed by atoms with van der Waals surface area (Å²) in [6.45, 7) is 10.3. The van der Waals surface area contributed by atoms with Gasteiger partial charge >= 0.3 is 0 Å². The monoisotopic (exact) mass is 217 g/mol. The number of aliphatic hydroxyl groups excluding tert-OH is 1. The third-order valence-corrected chi connectivity index (χ3v) is 2.65. The number of β-amino-alcohol motifs (C(OH)–C–C–N with tert-alkyl or cyclic N) is 1. The molecule has 92 valence electrons. The topological polar surface area (TPSA) is 41.5 Å². The van der Waals surface area contributed by atoms with Crippen molar-refractivity contribution in [2.24, 2.45) is 0 Å². The number of unbranched alkanes of at least 4 members (excludes halogenated alkanes) is 1. The molecule has 0 aliphatic carbocycles. The summed E-state index contributed by atoms with van der Waals surface area (Å²) in [6, 6.07) is 0. The summed E-state index contributed by atoms with van der Waals surface area (Å²) in [6.07, 6.45) is 2.86. The molecule has 0 aliphatic heterocycles. The summed E-state index contributed by atoms with van der Waals surface area (Å²) in [4.78, 5) is 0. The molecule has 0 saturated carbocycles. The van der Waals surface area contributed by atoms with Crippen molar-refractivity contribution in [3.8, 4) is 0 Å². The molecule has 0 rings (SSSR count). The van der Waals surface area contributed by atoms with Crippen molar-refractivity contribution in [3.63, 3.8) is 0 Å². The maximum absolute atomic E-state index is 9.62. The van der Waals surface area contributed by atoms with Crippen LogP contribution >= 0.6 is 0 Å². The van der Waals surface area contributed by atoms with Gasteiger partial charge in [0.2, 0.25) is 0 Å². The lowest BCUT2D eigenvalue weighted by molar-refractivity contribution is 0.0324. The molecule has 1 atom stereocenters. The van der Waals surface area contributed by atoms with Gasteiger partial charge in [-0.25, -0.2) is 0 Å². The van der Waals surface area contributed by atoms with Crippen LogP contribution in [0.5, 0.6) is 0 Å². The molecule has 0 amide bonds. The lowest BCUT2D eigenvalue weighted by Crippen LogP contribution is -2.43. The van der Waals surface area contributed by atoms with Gasteiger partial charge in [-0.2, -0.15) is 0 Å². The van der Waals surface area contributed by atoms with Gasteiger partial charge in [0.25, 0.3) is 0 Å². The van der Waals surface area contributed by atoms with Gasteiger partial charge in [-0.15, -0.1) is 0 Å². The van der Waals surface area contributed by atoms with E-state index in [0.717, 1.165) is 25.9 Å². The fourth-order valence-corrected chi connectivity index (χ4v) is 1.04. The molecule has 3 heteroatoms. The van der Waals surface area contributed by atoms with Crippen LogP contribution in [0.25, 0.3) is 0 Å². The van der Waals surface area contributed by atoms with Crippen LogP contribution < -0.4 is 5.32 Å². The van der Waals surface area contributed by atoms with E-state index in [1.165, 1.54) is 0 Å². The van der Waals surface area contributed by atoms with E-state index in [0.29, 0.717) is 13.2 Å². The van der Waals surface area contributed by atoms with Crippen LogP contribution in [0.4, 0.5) is 0 Å². The van der Waals surface area contributed by atoms with Crippen molar-refractivity contribution in [3.05, 3.63) is 0 Å². The van der Waals surface area contributed by atoms with Gasteiger partial charge in [0.15, 0.2) is 0 Å². The summed E-state index contributed by atoms with van der Waals surface area (Å²) in [5, 5.41) is 12.9. The Hall–Kier alpha value is -0.120. The molecule has 2 N–H and O–H groups in total. The molecular weight excluding hydrogens is 190 g/mol. The molecule has 0 spiro atoms. The SMILES string of the molecule is CCCCOCC(O)CNC(C)(C)CC. The average molecular weight is 217 g/mol. The molecule has 15 heavy (non-hydrogen) atoms. The highest BCUT2D eigenvalue weighted by Crippen LogP contribution is 2.06. The van der Waals surface area contributed by atoms with Crippen molar-refractivity contribution in [2.75, 3.05) is 19.8 Å². The van der Waals surface area contributed by atoms with Crippen LogP contribution in [0.1, 0.15) is 47.0 Å². The second-order valence-electron chi connectivity index (χ2n) is 4.70. The molecule has 0 aromatic rings. The first-order valence-corrected chi connectivity index (χ1v) is 6.02. The van der Waals surface area contributed by atoms with Gasteiger partial charge in [0.1, 0.15) is 0 Å². The van der Waals surface area contributed by atoms with Crippen LogP contribution in [-0.4, -0.2) is 36.5 Å². The third kappa shape index (κ3) is 8.85. The van der Waals surface area contributed by atoms with Gasteiger partial charge in [-0.1, -0.05) is 20.3 Å². The molecule has 1 unspecified atom stereocenters. The normalized spacial score (nSPS) is 14.2. The summed E-state index contributed by atoms with van der Waals surface area (Å²) < 4.78 is 5.34. The standard InChI is InChI=1S/C12H27NO2/c1-5-7-8-15-10-11(14)9-13-12(3,4)6-2/h11,13-14H,5-10H2,1-4H3. The molecule has 0 bridgehead atoms. The Morgan fingerprint density at radius 3 is 2.53 bits per heavy atom. The summed E-state index contributed by atoms with van der Waals surface area (Å²) in [5.74, 6) is 0. The minimum absolute atomic E-state index is 0.102. The lowest BCUT2D eigenvalue weighted by Gasteiger charge is -2.26. The van der Waals surface area contributed by atoms with E-state index in [2.05, 4.69) is 33.0 Å². The van der Waals surface area contributed by atoms with Gasteiger partial charge < -0.3 is 15.2 Å². The highest BCUT2D eigenvalue weighted by atomic mass is 16.5. The van der Waals surface area contributed by atoms with Crippen LogP contribution in [-0.2, 0) is 4.74 Å². The van der Waals surface area contributed by atoms with Crippen LogP contribution in [0.15, 0.2) is 0 Å². The first-order chi connectivity index (χ1) is 7.02. The zero-order valence-corrected chi connectivity index (χ0v) is 10.7. The predicted octanol–water partition coefficient (Wildman–Crippen LogP) is 1.94. The van der Waals surface area contributed by atoms with Gasteiger partial charge in [0, 0.05) is 18.7 Å². The third-order valence-electron chi connectivity index (χ3n) is 2.65. The molecule has 3 nitrogen and oxygen atoms in total. The largest absolute Gasteiger partial charge is 0.389 e. The van der Waals surface area contributed by atoms with Crippen molar-refractivity contribution < 1.29 is 9.84 Å². The zero-order chi connectivity index (χ0) is 11.7. The number of hydrogen-bond acceptors (Lipinski definition) is 3. The van der Waals surface area contributed by atoms with E-state index in [4.69, 9.17) is 4.74 Å². The number of ether oxygens (including phenoxy) is 1. The number of hydrogen-bond donors (Lipinski definition) is 2. The van der Waals surface area contributed by atoms with Crippen LogP contribution in [0.2, 0.25) is 0 Å². The van der Waals surface area contributed by atoms with E-state index in [9.17, 15) is 5.11 Å². The van der Waals surface area contributed by atoms with Gasteiger partial charge in [0.05, 0.1) is 12.7 Å². The zero-order valence-electron chi connectivity index (χ0n) is 10.7. The van der Waals surface area contributed by atoms with Crippen molar-refractivity contribution in [2.45, 2.75) is 58.6 Å². The Kier molecular flexibility index (Phi) is 8.02. The molecule has 0 fully saturated rings. The van der Waals surface area contributed by atoms with E-state index in [1.807, 2.05) is 0 Å². The quantitative estimate of drug-likeness (QED) is 0.580. The number of nitrogens with one attached hydrogen (secondary N) is 1. The van der Waals surface area contributed by atoms with E-state index < -0.39 is 6.10 Å². The fourth-order valence-electron chi connectivity index (χ4n) is 1.04. The maximum Gasteiger partial charge on any atom is 0.0897 e. The Labute approximate surface area is 94.2 Å². The minimum Gasteiger partial charge on any atom is -0.389 e. The van der Waals surface area contributed by atoms with Gasteiger partial charge in [-0.05, 0) is 26.7 Å². The molecule has 0 radical (unpaired) electrons. The minimum atomic E-state index is -0.396. The highest BCUT2D eigenvalue weighted by molar-refractivity contribution is 4.76. The second-order valence-corrected chi connectivity index (χ2v) is 4.70. The first-order valence-electron chi connectivity index (χ1n) is 6.02. The summed E-state index contributed by atoms with van der Waals surface area (Å²) >= 11 is 0. The van der Waals surface area contributed by atoms with Crippen molar-refractivity contribution >= 4 is 0 Å². The van der Waals surface area contributed by atoms with E-state index >= 15 is 0 Å². The number of rotatable bonds is 9. The smallest absolute Gasteiger partial charge is 0.0897 e. The van der Waals surface area contributed by atoms with Gasteiger partial charge in [-0.3, -0.25) is 0 Å². The first kappa shape index (κ1) is 14.9. The van der Waals surface area contributed by atoms with Crippen molar-refractivity contribution in [1.82, 2.24) is 5.32 Å². The summed E-state index contributed by atoms with van der Waals surface area (Å²) in [5.41, 5.74) is 0.102. The Bertz CT molecular complexity index is 149. The Morgan fingerprint density at radius 1 is 1.33 bits per heavy atom. The Balaban J connectivity index is 3.44. The summed E-state index contributed by atoms with van der Waals surface area (Å²) in [7, 11) is 0. The second kappa shape index (κ2) is 8.08. The molecule has 0 aliphatic rings. The highest BCUT2D eigenvalue weighted by Gasteiger charge is 2.15. The molecule has 0 heterocycles. The van der Waals surface area contributed by atoms with Crippen molar-refractivity contribution in [1.29, 1.82) is 0 Å². The van der Waals surface area contributed by atoms with E-state index in [-0.39, 0.29) is 5.54 Å². The number of aliphatic hydroxyl groups is 1. The Morgan fingerprint density at radius 2 is 2.00 bits per heavy atom. The lowest BCUT2D eigenvalue weighted by atomic mass is 10.0. The molecule has 0 aromatic heterocycles. The maximum atomic E-state index is 9.62.